The number of methoxy groups -OCH3 is 2. The second-order valence-electron chi connectivity index (χ2n) is 2.21. The van der Waals surface area contributed by atoms with Crippen LogP contribution in [0.15, 0.2) is 0 Å². The summed E-state index contributed by atoms with van der Waals surface area (Å²) in [4.78, 5) is 17.6. The first-order chi connectivity index (χ1) is 5.69. The van der Waals surface area contributed by atoms with Gasteiger partial charge in [0.2, 0.25) is 0 Å². The van der Waals surface area contributed by atoms with Crippen LogP contribution in [0.25, 0.3) is 0 Å². The predicted octanol–water partition coefficient (Wildman–Crippen LogP) is 0.513. The fourth-order valence-corrected chi connectivity index (χ4v) is 0.825. The normalized spacial score (nSPS) is 9.58. The highest BCUT2D eigenvalue weighted by Gasteiger charge is 2.14. The summed E-state index contributed by atoms with van der Waals surface area (Å²) in [5, 5.41) is 0. The van der Waals surface area contributed by atoms with E-state index in [1.54, 1.807) is 6.92 Å². The van der Waals surface area contributed by atoms with Crippen molar-refractivity contribution in [2.24, 2.45) is 0 Å². The maximum absolute atomic E-state index is 11.0. The number of esters is 1. The Morgan fingerprint density at radius 2 is 2.17 bits per heavy atom. The molecule has 1 aromatic heterocycles. The van der Waals surface area contributed by atoms with Crippen molar-refractivity contribution in [1.29, 1.82) is 0 Å². The summed E-state index contributed by atoms with van der Waals surface area (Å²) in [5.74, 6) is -0.466. The highest BCUT2D eigenvalue weighted by molar-refractivity contribution is 5.88. The highest BCUT2D eigenvalue weighted by Crippen LogP contribution is 2.10. The molecule has 0 unspecified atom stereocenters. The average molecular weight is 170 g/mol. The lowest BCUT2D eigenvalue weighted by molar-refractivity contribution is 0.0593. The van der Waals surface area contributed by atoms with Crippen LogP contribution in [0.3, 0.4) is 0 Å². The van der Waals surface area contributed by atoms with Crippen molar-refractivity contribution in [1.82, 2.24) is 9.97 Å². The molecule has 12 heavy (non-hydrogen) atoms. The fourth-order valence-electron chi connectivity index (χ4n) is 0.825. The molecule has 1 heterocycles. The fraction of sp³-hybridized carbons (Fsp3) is 0.429. The molecule has 0 bridgehead atoms. The molecular weight excluding hydrogens is 160 g/mol. The quantitative estimate of drug-likeness (QED) is 0.657. The first kappa shape index (κ1) is 8.58. The number of nitrogens with one attached hydrogen (secondary N) is 1. The van der Waals surface area contributed by atoms with Crippen LogP contribution in [0.2, 0.25) is 0 Å². The van der Waals surface area contributed by atoms with Crippen LogP contribution in [0.4, 0.5) is 0 Å². The molecule has 0 radical (unpaired) electrons. The molecule has 0 fully saturated rings. The number of rotatable bonds is 2. The van der Waals surface area contributed by atoms with Gasteiger partial charge in [-0.1, -0.05) is 0 Å². The summed E-state index contributed by atoms with van der Waals surface area (Å²) in [6.07, 6.45) is 0. The van der Waals surface area contributed by atoms with Gasteiger partial charge in [0.05, 0.1) is 14.2 Å². The van der Waals surface area contributed by atoms with Crippen molar-refractivity contribution in [3.63, 3.8) is 0 Å². The van der Waals surface area contributed by atoms with E-state index < -0.39 is 5.97 Å². The predicted molar refractivity (Wildman–Crippen MR) is 41.2 cm³/mol. The summed E-state index contributed by atoms with van der Waals surface area (Å²) < 4.78 is 9.29. The number of ether oxygens (including phenoxy) is 2. The Morgan fingerprint density at radius 1 is 1.50 bits per heavy atom. The minimum absolute atomic E-state index is 0.259. The van der Waals surface area contributed by atoms with Crippen molar-refractivity contribution >= 4 is 5.97 Å². The summed E-state index contributed by atoms with van der Waals surface area (Å²) in [7, 11) is 2.78. The molecule has 5 heteroatoms. The zero-order valence-corrected chi connectivity index (χ0v) is 7.17. The molecule has 0 aliphatic rings. The van der Waals surface area contributed by atoms with Crippen LogP contribution in [0, 0.1) is 6.92 Å². The van der Waals surface area contributed by atoms with Crippen molar-refractivity contribution in [3.8, 4) is 6.01 Å². The Hall–Kier alpha value is -1.52. The van der Waals surface area contributed by atoms with Crippen LogP contribution in [0.1, 0.15) is 16.2 Å². The van der Waals surface area contributed by atoms with E-state index in [0.717, 1.165) is 0 Å². The Morgan fingerprint density at radius 3 is 2.58 bits per heavy atom. The largest absolute Gasteiger partial charge is 0.468 e. The molecule has 0 saturated carbocycles. The van der Waals surface area contributed by atoms with Crippen LogP contribution < -0.4 is 4.74 Å². The van der Waals surface area contributed by atoms with Crippen molar-refractivity contribution in [2.75, 3.05) is 14.2 Å². The van der Waals surface area contributed by atoms with Crippen molar-refractivity contribution in [3.05, 3.63) is 11.4 Å². The number of hydrogen-bond donors (Lipinski definition) is 1. The zero-order valence-electron chi connectivity index (χ0n) is 7.17. The monoisotopic (exact) mass is 170 g/mol. The van der Waals surface area contributed by atoms with Crippen LogP contribution in [0.5, 0.6) is 6.01 Å². The second-order valence-corrected chi connectivity index (χ2v) is 2.21. The molecule has 1 aromatic rings. The van der Waals surface area contributed by atoms with E-state index in [2.05, 4.69) is 14.7 Å². The molecule has 0 saturated heterocycles. The van der Waals surface area contributed by atoms with Gasteiger partial charge in [0.25, 0.3) is 6.01 Å². The van der Waals surface area contributed by atoms with Gasteiger partial charge in [-0.2, -0.15) is 4.98 Å². The Labute approximate surface area is 69.7 Å². The van der Waals surface area contributed by atoms with Crippen LogP contribution >= 0.6 is 0 Å². The molecule has 0 atom stereocenters. The van der Waals surface area contributed by atoms with E-state index in [4.69, 9.17) is 4.74 Å². The lowest BCUT2D eigenvalue weighted by Gasteiger charge is -1.92. The molecule has 0 aliphatic heterocycles. The molecule has 66 valence electrons. The number of aromatic amines is 1. The third kappa shape index (κ3) is 1.39. The second kappa shape index (κ2) is 3.25. The average Bonchev–Trinajstić information content (AvgIpc) is 2.45. The smallest absolute Gasteiger partial charge is 0.358 e. The minimum Gasteiger partial charge on any atom is -0.468 e. The third-order valence-corrected chi connectivity index (χ3v) is 1.44. The number of aromatic nitrogens is 2. The zero-order chi connectivity index (χ0) is 9.14. The van der Waals surface area contributed by atoms with Gasteiger partial charge in [-0.05, 0) is 6.92 Å². The molecule has 0 aromatic carbocycles. The summed E-state index contributed by atoms with van der Waals surface area (Å²) in [6, 6.07) is 0.313. The number of imidazole rings is 1. The first-order valence-corrected chi connectivity index (χ1v) is 3.38. The number of hydrogen-bond acceptors (Lipinski definition) is 4. The molecule has 0 amide bonds. The maximum Gasteiger partial charge on any atom is 0.358 e. The Balaban J connectivity index is 2.99. The van der Waals surface area contributed by atoms with Crippen molar-refractivity contribution < 1.29 is 14.3 Å². The molecule has 1 rings (SSSR count). The maximum atomic E-state index is 11.0. The summed E-state index contributed by atoms with van der Waals surface area (Å²) in [6.45, 7) is 1.72. The van der Waals surface area contributed by atoms with E-state index in [9.17, 15) is 4.79 Å². The summed E-state index contributed by atoms with van der Waals surface area (Å²) >= 11 is 0. The summed E-state index contributed by atoms with van der Waals surface area (Å²) in [5.41, 5.74) is 0.896. The van der Waals surface area contributed by atoms with Gasteiger partial charge in [0, 0.05) is 5.69 Å². The standard InChI is InChI=1S/C7H10N2O3/c1-4-5(6(10)11-2)9-7(8-4)12-3/h1-3H3,(H,8,9). The van der Waals surface area contributed by atoms with Crippen molar-refractivity contribution in [2.45, 2.75) is 6.92 Å². The topological polar surface area (TPSA) is 64.2 Å². The molecule has 0 spiro atoms. The van der Waals surface area contributed by atoms with Gasteiger partial charge >= 0.3 is 5.97 Å². The number of nitrogens with zero attached hydrogens (tertiary/aromatic N) is 1. The number of carbonyl (C=O) groups excluding carboxylic acids is 1. The van der Waals surface area contributed by atoms with Gasteiger partial charge < -0.3 is 14.5 Å². The van der Waals surface area contributed by atoms with Gasteiger partial charge in [0.15, 0.2) is 5.69 Å². The molecular formula is C7H10N2O3. The van der Waals surface area contributed by atoms with Crippen LogP contribution in [-0.2, 0) is 4.74 Å². The van der Waals surface area contributed by atoms with Crippen LogP contribution in [-0.4, -0.2) is 30.2 Å². The van der Waals surface area contributed by atoms with Gasteiger partial charge in [-0.25, -0.2) is 4.79 Å². The van der Waals surface area contributed by atoms with Gasteiger partial charge in [-0.15, -0.1) is 0 Å². The Kier molecular flexibility index (Phi) is 2.32. The van der Waals surface area contributed by atoms with E-state index in [1.807, 2.05) is 0 Å². The van der Waals surface area contributed by atoms with E-state index in [-0.39, 0.29) is 5.69 Å². The molecule has 1 N–H and O–H groups in total. The number of aryl methyl sites for hydroxylation is 1. The number of carbonyl (C=O) groups is 1. The molecule has 5 nitrogen and oxygen atoms in total. The lowest BCUT2D eigenvalue weighted by Crippen LogP contribution is -2.03. The van der Waals surface area contributed by atoms with E-state index >= 15 is 0 Å². The highest BCUT2D eigenvalue weighted by atomic mass is 16.5. The Bertz CT molecular complexity index is 293. The minimum atomic E-state index is -0.466. The lowest BCUT2D eigenvalue weighted by atomic mass is 10.3. The SMILES string of the molecule is COC(=O)c1nc(OC)[nH]c1C. The number of H-pyrrole nitrogens is 1. The molecule has 0 aliphatic carbocycles. The van der Waals surface area contributed by atoms with E-state index in [0.29, 0.717) is 11.7 Å². The van der Waals surface area contributed by atoms with E-state index in [1.165, 1.54) is 14.2 Å². The third-order valence-electron chi connectivity index (χ3n) is 1.44. The first-order valence-electron chi connectivity index (χ1n) is 3.38. The van der Waals surface area contributed by atoms with Gasteiger partial charge in [0.1, 0.15) is 0 Å². The van der Waals surface area contributed by atoms with Gasteiger partial charge in [-0.3, -0.25) is 0 Å².